The van der Waals surface area contributed by atoms with Gasteiger partial charge in [-0.3, -0.25) is 5.84 Å². The first-order valence-corrected chi connectivity index (χ1v) is 3.06. The van der Waals surface area contributed by atoms with Crippen LogP contribution in [0, 0.1) is 0 Å². The van der Waals surface area contributed by atoms with E-state index in [1.165, 1.54) is 0 Å². The van der Waals surface area contributed by atoms with E-state index in [0.29, 0.717) is 10.4 Å². The van der Waals surface area contributed by atoms with E-state index in [4.69, 9.17) is 5.84 Å². The molecule has 1 aromatic rings. The first-order chi connectivity index (χ1) is 4.33. The Kier molecular flexibility index (Phi) is 1.96. The smallest absolute Gasteiger partial charge is 0.196 e. The van der Waals surface area contributed by atoms with E-state index in [2.05, 4.69) is 31.3 Å². The zero-order valence-corrected chi connectivity index (χ0v) is 6.09. The van der Waals surface area contributed by atoms with Crippen molar-refractivity contribution in [1.82, 2.24) is 9.97 Å². The van der Waals surface area contributed by atoms with Gasteiger partial charge in [-0.2, -0.15) is 0 Å². The molecule has 0 aliphatic carbocycles. The molecule has 0 saturated heterocycles. The van der Waals surface area contributed by atoms with Gasteiger partial charge in [0.05, 0.1) is 18.1 Å². The van der Waals surface area contributed by atoms with Crippen LogP contribution in [0.15, 0.2) is 17.1 Å². The Hall–Kier alpha value is -0.680. The first kappa shape index (κ1) is 6.44. The summed E-state index contributed by atoms with van der Waals surface area (Å²) in [6, 6.07) is 0. The van der Waals surface area contributed by atoms with Crippen molar-refractivity contribution in [3.05, 3.63) is 17.1 Å². The van der Waals surface area contributed by atoms with E-state index in [1.807, 2.05) is 0 Å². The van der Waals surface area contributed by atoms with Crippen LogP contribution < -0.4 is 11.3 Å². The molecule has 0 unspecified atom stereocenters. The third-order valence-electron chi connectivity index (χ3n) is 0.787. The molecule has 48 valence electrons. The van der Waals surface area contributed by atoms with Crippen LogP contribution >= 0.6 is 15.9 Å². The lowest BCUT2D eigenvalue weighted by Gasteiger charge is -1.94. The molecule has 0 radical (unpaired) electrons. The third-order valence-corrected chi connectivity index (χ3v) is 1.20. The van der Waals surface area contributed by atoms with Crippen molar-refractivity contribution in [3.63, 3.8) is 0 Å². The number of hydrazine groups is 1. The Morgan fingerprint density at radius 2 is 2.00 bits per heavy atom. The maximum atomic E-state index is 5.05. The zero-order valence-electron chi connectivity index (χ0n) is 4.50. The fraction of sp³-hybridized carbons (Fsp3) is 0. The summed E-state index contributed by atoms with van der Waals surface area (Å²) in [5.41, 5.74) is 3.10. The number of nitrogens with one attached hydrogen (secondary N) is 1. The Labute approximate surface area is 60.6 Å². The summed E-state index contributed by atoms with van der Waals surface area (Å²) in [6.45, 7) is 0. The number of anilines is 1. The number of hydrogen-bond donors (Lipinski definition) is 2. The summed E-state index contributed by atoms with van der Waals surface area (Å²) >= 11 is 3.08. The molecule has 0 bridgehead atoms. The largest absolute Gasteiger partial charge is 0.321 e. The lowest BCUT2D eigenvalue weighted by molar-refractivity contribution is 1.10. The van der Waals surface area contributed by atoms with Crippen molar-refractivity contribution in [3.8, 4) is 0 Å². The van der Waals surface area contributed by atoms with E-state index in [-0.39, 0.29) is 0 Å². The van der Waals surface area contributed by atoms with Gasteiger partial charge in [0.1, 0.15) is 0 Å². The van der Waals surface area contributed by atoms with Crippen molar-refractivity contribution in [2.24, 2.45) is 5.84 Å². The SMILES string of the molecule is NNc1cnc(Br)nc1. The monoisotopic (exact) mass is 188 g/mol. The summed E-state index contributed by atoms with van der Waals surface area (Å²) in [7, 11) is 0. The van der Waals surface area contributed by atoms with Gasteiger partial charge in [-0.1, -0.05) is 0 Å². The van der Waals surface area contributed by atoms with Gasteiger partial charge in [0, 0.05) is 0 Å². The molecular weight excluding hydrogens is 184 g/mol. The van der Waals surface area contributed by atoms with E-state index >= 15 is 0 Å². The van der Waals surface area contributed by atoms with Gasteiger partial charge in [0.15, 0.2) is 4.73 Å². The van der Waals surface area contributed by atoms with Crippen molar-refractivity contribution in [1.29, 1.82) is 0 Å². The molecule has 0 saturated carbocycles. The molecule has 5 heteroatoms. The molecule has 0 amide bonds. The first-order valence-electron chi connectivity index (χ1n) is 2.27. The summed E-state index contributed by atoms with van der Waals surface area (Å²) < 4.78 is 0.557. The van der Waals surface area contributed by atoms with Crippen molar-refractivity contribution in [2.45, 2.75) is 0 Å². The second-order valence-electron chi connectivity index (χ2n) is 1.39. The van der Waals surface area contributed by atoms with Crippen LogP contribution in [0.25, 0.3) is 0 Å². The maximum absolute atomic E-state index is 5.05. The molecular formula is C4H5BrN4. The molecule has 4 nitrogen and oxygen atoms in total. The quantitative estimate of drug-likeness (QED) is 0.384. The molecule has 0 aliphatic heterocycles. The summed E-state index contributed by atoms with van der Waals surface area (Å²) in [4.78, 5) is 7.63. The van der Waals surface area contributed by atoms with E-state index < -0.39 is 0 Å². The summed E-state index contributed by atoms with van der Waals surface area (Å²) in [5.74, 6) is 5.05. The molecule has 0 spiro atoms. The van der Waals surface area contributed by atoms with E-state index in [9.17, 15) is 0 Å². The molecule has 1 rings (SSSR count). The topological polar surface area (TPSA) is 63.8 Å². The highest BCUT2D eigenvalue weighted by molar-refractivity contribution is 9.10. The maximum Gasteiger partial charge on any atom is 0.196 e. The third kappa shape index (κ3) is 1.62. The lowest BCUT2D eigenvalue weighted by atomic mass is 10.6. The highest BCUT2D eigenvalue weighted by atomic mass is 79.9. The van der Waals surface area contributed by atoms with Crippen LogP contribution in [-0.2, 0) is 0 Å². The average molecular weight is 189 g/mol. The van der Waals surface area contributed by atoms with Crippen LogP contribution in [0.1, 0.15) is 0 Å². The van der Waals surface area contributed by atoms with Gasteiger partial charge in [0.25, 0.3) is 0 Å². The van der Waals surface area contributed by atoms with E-state index in [1.54, 1.807) is 12.4 Å². The minimum atomic E-state index is 0.557. The minimum Gasteiger partial charge on any atom is -0.321 e. The second-order valence-corrected chi connectivity index (χ2v) is 2.09. The Balaban J connectivity index is 2.88. The molecule has 0 atom stereocenters. The normalized spacial score (nSPS) is 9.11. The van der Waals surface area contributed by atoms with Crippen LogP contribution in [0.3, 0.4) is 0 Å². The summed E-state index contributed by atoms with van der Waals surface area (Å²) in [6.07, 6.45) is 3.16. The van der Waals surface area contributed by atoms with Crippen LogP contribution in [0.4, 0.5) is 5.69 Å². The number of nitrogens with zero attached hydrogens (tertiary/aromatic N) is 2. The molecule has 9 heavy (non-hydrogen) atoms. The second kappa shape index (κ2) is 2.75. The number of nitrogens with two attached hydrogens (primary N) is 1. The Morgan fingerprint density at radius 3 is 2.44 bits per heavy atom. The average Bonchev–Trinajstić information content (AvgIpc) is 1.90. The number of aromatic nitrogens is 2. The fourth-order valence-corrected chi connectivity index (χ4v) is 0.592. The minimum absolute atomic E-state index is 0.557. The van der Waals surface area contributed by atoms with Crippen LogP contribution in [0.5, 0.6) is 0 Å². The number of hydrogen-bond acceptors (Lipinski definition) is 4. The molecule has 0 fully saturated rings. The van der Waals surface area contributed by atoms with Gasteiger partial charge >= 0.3 is 0 Å². The number of halogens is 1. The zero-order chi connectivity index (χ0) is 6.69. The van der Waals surface area contributed by atoms with Crippen molar-refractivity contribution in [2.75, 3.05) is 5.43 Å². The van der Waals surface area contributed by atoms with Crippen molar-refractivity contribution >= 4 is 21.6 Å². The summed E-state index contributed by atoms with van der Waals surface area (Å²) in [5, 5.41) is 0. The molecule has 1 heterocycles. The highest BCUT2D eigenvalue weighted by Crippen LogP contribution is 2.03. The predicted molar refractivity (Wildman–Crippen MR) is 37.5 cm³/mol. The van der Waals surface area contributed by atoms with Gasteiger partial charge < -0.3 is 5.43 Å². The van der Waals surface area contributed by atoms with E-state index in [0.717, 1.165) is 0 Å². The number of rotatable bonds is 1. The van der Waals surface area contributed by atoms with Crippen molar-refractivity contribution < 1.29 is 0 Å². The lowest BCUT2D eigenvalue weighted by Crippen LogP contribution is -2.07. The Morgan fingerprint density at radius 1 is 1.44 bits per heavy atom. The predicted octanol–water partition coefficient (Wildman–Crippen LogP) is 0.525. The van der Waals surface area contributed by atoms with Gasteiger partial charge in [-0.25, -0.2) is 9.97 Å². The fourth-order valence-electron chi connectivity index (χ4n) is 0.387. The van der Waals surface area contributed by atoms with Crippen LogP contribution in [0.2, 0.25) is 0 Å². The highest BCUT2D eigenvalue weighted by Gasteiger charge is 1.88. The van der Waals surface area contributed by atoms with Gasteiger partial charge in [-0.15, -0.1) is 0 Å². The molecule has 1 aromatic heterocycles. The van der Waals surface area contributed by atoms with Gasteiger partial charge in [-0.05, 0) is 15.9 Å². The standard InChI is InChI=1S/C4H5BrN4/c5-4-7-1-3(9-6)2-8-4/h1-2,9H,6H2. The Bertz CT molecular complexity index is 184. The molecule has 0 aliphatic rings. The molecule has 0 aromatic carbocycles. The van der Waals surface area contributed by atoms with Gasteiger partial charge in [0.2, 0.25) is 0 Å². The number of nitrogen functional groups attached to an aromatic ring is 1. The van der Waals surface area contributed by atoms with Crippen LogP contribution in [-0.4, -0.2) is 9.97 Å². The molecule has 3 N–H and O–H groups in total.